The second-order valence-corrected chi connectivity index (χ2v) is 2.82. The molecule has 1 aliphatic heterocycles. The van der Waals surface area contributed by atoms with Crippen LogP contribution in [0.4, 0.5) is 4.79 Å². The number of rotatable bonds is 0. The molecule has 2 N–H and O–H groups in total. The van der Waals surface area contributed by atoms with E-state index in [2.05, 4.69) is 10.6 Å². The van der Waals surface area contributed by atoms with Crippen LogP contribution >= 0.6 is 0 Å². The molecule has 2 amide bonds. The van der Waals surface area contributed by atoms with Crippen LogP contribution in [-0.2, 0) is 0 Å². The van der Waals surface area contributed by atoms with Gasteiger partial charge in [0.15, 0.2) is 0 Å². The number of carbonyl (C=O) groups is 1. The Morgan fingerprint density at radius 3 is 2.86 bits per heavy atom. The van der Waals surface area contributed by atoms with E-state index >= 15 is 0 Å². The van der Waals surface area contributed by atoms with Gasteiger partial charge >= 0.3 is 6.03 Å². The number of hydrogen-bond acceptors (Lipinski definition) is 1. The van der Waals surface area contributed by atoms with E-state index in [1.165, 1.54) is 5.57 Å². The Morgan fingerprint density at radius 1 is 1.29 bits per heavy atom. The average Bonchev–Trinajstić information content (AvgIpc) is 2.45. The molecule has 0 spiro atoms. The van der Waals surface area contributed by atoms with Gasteiger partial charge in [0, 0.05) is 6.54 Å². The van der Waals surface area contributed by atoms with Crippen LogP contribution in [0.1, 0.15) is 13.8 Å². The van der Waals surface area contributed by atoms with Crippen molar-refractivity contribution in [3.05, 3.63) is 36.0 Å². The van der Waals surface area contributed by atoms with Gasteiger partial charge in [0.05, 0.1) is 6.04 Å². The first-order valence-electron chi connectivity index (χ1n) is 4.94. The molecule has 2 aliphatic rings. The zero-order chi connectivity index (χ0) is 10.4. The molecule has 0 aromatic rings. The first kappa shape index (κ1) is 10.6. The summed E-state index contributed by atoms with van der Waals surface area (Å²) in [6.07, 6.45) is 9.88. The van der Waals surface area contributed by atoms with Crippen molar-refractivity contribution in [2.24, 2.45) is 0 Å². The fourth-order valence-corrected chi connectivity index (χ4v) is 1.33. The van der Waals surface area contributed by atoms with E-state index in [9.17, 15) is 4.79 Å². The van der Waals surface area contributed by atoms with Crippen molar-refractivity contribution in [3.8, 4) is 0 Å². The zero-order valence-electron chi connectivity index (χ0n) is 8.58. The Balaban J connectivity index is 0.000000461. The highest BCUT2D eigenvalue weighted by molar-refractivity contribution is 5.77. The third-order valence-corrected chi connectivity index (χ3v) is 1.98. The Morgan fingerprint density at radius 2 is 2.07 bits per heavy atom. The molecule has 76 valence electrons. The van der Waals surface area contributed by atoms with Crippen molar-refractivity contribution >= 4 is 6.03 Å². The van der Waals surface area contributed by atoms with Crippen molar-refractivity contribution in [1.29, 1.82) is 0 Å². The molecule has 1 unspecified atom stereocenters. The molecule has 14 heavy (non-hydrogen) atoms. The molecule has 3 heteroatoms. The first-order valence-corrected chi connectivity index (χ1v) is 4.94. The van der Waals surface area contributed by atoms with Crippen LogP contribution < -0.4 is 10.6 Å². The van der Waals surface area contributed by atoms with Crippen LogP contribution in [0.15, 0.2) is 36.0 Å². The Bertz CT molecular complexity index is 290. The molecule has 0 radical (unpaired) electrons. The summed E-state index contributed by atoms with van der Waals surface area (Å²) in [7, 11) is 0. The number of hydrogen-bond donors (Lipinski definition) is 2. The highest BCUT2D eigenvalue weighted by Crippen LogP contribution is 2.10. The molecular formula is C11H16N2O. The van der Waals surface area contributed by atoms with E-state index in [4.69, 9.17) is 0 Å². The topological polar surface area (TPSA) is 41.1 Å². The number of amides is 2. The van der Waals surface area contributed by atoms with Gasteiger partial charge in [0.25, 0.3) is 0 Å². The van der Waals surface area contributed by atoms with Gasteiger partial charge in [-0.05, 0) is 5.57 Å². The fraction of sp³-hybridized carbons (Fsp3) is 0.364. The Hall–Kier alpha value is -1.51. The van der Waals surface area contributed by atoms with Crippen molar-refractivity contribution in [3.63, 3.8) is 0 Å². The van der Waals surface area contributed by atoms with Gasteiger partial charge in [0.2, 0.25) is 0 Å². The molecule has 1 aliphatic carbocycles. The number of fused-ring (bicyclic) bond motifs is 1. The molecule has 1 atom stereocenters. The van der Waals surface area contributed by atoms with E-state index in [0.29, 0.717) is 6.54 Å². The van der Waals surface area contributed by atoms with Crippen LogP contribution in [-0.4, -0.2) is 18.6 Å². The highest BCUT2D eigenvalue weighted by atomic mass is 16.2. The third kappa shape index (κ3) is 2.49. The standard InChI is InChI=1S/C9H10N2O.C2H6/c12-9-10-6-7-4-2-1-3-5-8(7)11-9;1-2/h1-5,8H,6H2,(H2,10,11,12);1-2H3. The van der Waals surface area contributed by atoms with E-state index in [1.807, 2.05) is 44.2 Å². The van der Waals surface area contributed by atoms with Gasteiger partial charge in [-0.25, -0.2) is 4.79 Å². The zero-order valence-corrected chi connectivity index (χ0v) is 8.58. The lowest BCUT2D eigenvalue weighted by Gasteiger charge is -2.24. The van der Waals surface area contributed by atoms with Crippen molar-refractivity contribution in [2.45, 2.75) is 19.9 Å². The maximum Gasteiger partial charge on any atom is 0.315 e. The molecule has 3 nitrogen and oxygen atoms in total. The van der Waals surface area contributed by atoms with E-state index in [0.717, 1.165) is 0 Å². The SMILES string of the molecule is CC.O=C1NCC2=CC=CC=CC2N1. The predicted molar refractivity (Wildman–Crippen MR) is 58.0 cm³/mol. The highest BCUT2D eigenvalue weighted by Gasteiger charge is 2.19. The van der Waals surface area contributed by atoms with Crippen LogP contribution in [0.25, 0.3) is 0 Å². The number of nitrogens with one attached hydrogen (secondary N) is 2. The van der Waals surface area contributed by atoms with Gasteiger partial charge in [-0.3, -0.25) is 0 Å². The maximum atomic E-state index is 10.9. The quantitative estimate of drug-likeness (QED) is 0.603. The number of urea groups is 1. The molecule has 1 saturated heterocycles. The minimum atomic E-state index is -0.0938. The summed E-state index contributed by atoms with van der Waals surface area (Å²) < 4.78 is 0. The van der Waals surface area contributed by atoms with Gasteiger partial charge in [-0.2, -0.15) is 0 Å². The van der Waals surface area contributed by atoms with Crippen molar-refractivity contribution in [1.82, 2.24) is 10.6 Å². The summed E-state index contributed by atoms with van der Waals surface area (Å²) in [4.78, 5) is 10.9. The summed E-state index contributed by atoms with van der Waals surface area (Å²) in [6, 6.07) is -0.0163. The number of carbonyl (C=O) groups excluding carboxylic acids is 1. The fourth-order valence-electron chi connectivity index (χ4n) is 1.33. The van der Waals surface area contributed by atoms with Crippen molar-refractivity contribution in [2.75, 3.05) is 6.54 Å². The van der Waals surface area contributed by atoms with E-state index in [1.54, 1.807) is 0 Å². The predicted octanol–water partition coefficient (Wildman–Crippen LogP) is 1.75. The third-order valence-electron chi connectivity index (χ3n) is 1.98. The summed E-state index contributed by atoms with van der Waals surface area (Å²) in [6.45, 7) is 4.64. The second-order valence-electron chi connectivity index (χ2n) is 2.82. The van der Waals surface area contributed by atoms with Gasteiger partial charge in [-0.1, -0.05) is 44.2 Å². The average molecular weight is 192 g/mol. The maximum absolute atomic E-state index is 10.9. The van der Waals surface area contributed by atoms with Gasteiger partial charge in [0.1, 0.15) is 0 Å². The smallest absolute Gasteiger partial charge is 0.315 e. The first-order chi connectivity index (χ1) is 6.86. The van der Waals surface area contributed by atoms with E-state index < -0.39 is 0 Å². The van der Waals surface area contributed by atoms with Gasteiger partial charge < -0.3 is 10.6 Å². The Kier molecular flexibility index (Phi) is 3.98. The summed E-state index contributed by atoms with van der Waals surface area (Å²) in [5, 5.41) is 5.54. The van der Waals surface area contributed by atoms with Crippen molar-refractivity contribution < 1.29 is 4.79 Å². The molecule has 1 fully saturated rings. The summed E-state index contributed by atoms with van der Waals surface area (Å²) in [5.41, 5.74) is 1.19. The lowest BCUT2D eigenvalue weighted by atomic mass is 10.1. The molecule has 1 heterocycles. The summed E-state index contributed by atoms with van der Waals surface area (Å²) >= 11 is 0. The van der Waals surface area contributed by atoms with Crippen LogP contribution in [0, 0.1) is 0 Å². The summed E-state index contributed by atoms with van der Waals surface area (Å²) in [5.74, 6) is 0. The second kappa shape index (κ2) is 5.27. The normalized spacial score (nSPS) is 23.1. The minimum Gasteiger partial charge on any atom is -0.334 e. The lowest BCUT2D eigenvalue weighted by Crippen LogP contribution is -2.49. The lowest BCUT2D eigenvalue weighted by molar-refractivity contribution is 0.237. The minimum absolute atomic E-state index is 0.0775. The Labute approximate surface area is 84.6 Å². The van der Waals surface area contributed by atoms with Crippen LogP contribution in [0.5, 0.6) is 0 Å². The van der Waals surface area contributed by atoms with Gasteiger partial charge in [-0.15, -0.1) is 0 Å². The molecule has 2 rings (SSSR count). The monoisotopic (exact) mass is 192 g/mol. The van der Waals surface area contributed by atoms with E-state index in [-0.39, 0.29) is 12.1 Å². The van der Waals surface area contributed by atoms with Crippen LogP contribution in [0.2, 0.25) is 0 Å². The molecule has 0 aromatic heterocycles. The molecular weight excluding hydrogens is 176 g/mol. The largest absolute Gasteiger partial charge is 0.334 e. The van der Waals surface area contributed by atoms with Crippen LogP contribution in [0.3, 0.4) is 0 Å². The molecule has 0 saturated carbocycles. The molecule has 0 aromatic carbocycles. The molecule has 0 bridgehead atoms. The number of allylic oxidation sites excluding steroid dienone is 4.